The van der Waals surface area contributed by atoms with E-state index in [0.29, 0.717) is 17.6 Å². The zero-order valence-electron chi connectivity index (χ0n) is 19.2. The zero-order valence-corrected chi connectivity index (χ0v) is 20.0. The lowest BCUT2D eigenvalue weighted by Crippen LogP contribution is -2.43. The third-order valence-corrected chi connectivity index (χ3v) is 7.90. The SMILES string of the molecule is COC(=O)[C@@H]1C(=O)C2=C(C[C@@H]1C)NC(C)=C(C(=O)OC1CCCCC1)[C@H]2c1ccc(C)s1. The molecule has 0 bridgehead atoms. The van der Waals surface area contributed by atoms with E-state index in [1.807, 2.05) is 32.9 Å². The number of nitrogens with one attached hydrogen (secondary N) is 1. The van der Waals surface area contributed by atoms with Gasteiger partial charge in [0.2, 0.25) is 0 Å². The second-order valence-corrected chi connectivity index (χ2v) is 10.5. The molecule has 3 atom stereocenters. The van der Waals surface area contributed by atoms with E-state index in [-0.39, 0.29) is 23.8 Å². The fourth-order valence-electron chi connectivity index (χ4n) is 5.24. The molecule has 2 aliphatic carbocycles. The number of allylic oxidation sites excluding steroid dienone is 3. The summed E-state index contributed by atoms with van der Waals surface area (Å²) in [4.78, 5) is 41.6. The summed E-state index contributed by atoms with van der Waals surface area (Å²) in [5.41, 5.74) is 2.49. The third kappa shape index (κ3) is 4.15. The lowest BCUT2D eigenvalue weighted by molar-refractivity contribution is -0.151. The number of esters is 2. The standard InChI is InChI=1S/C25H31NO5S/c1-13-12-17-21(23(27)19(13)24(28)30-4)22(18-11-10-14(2)32-18)20(15(3)26-17)25(29)31-16-8-6-5-7-9-16/h10-11,13,16,19,22,26H,5-9,12H2,1-4H3/t13-,19-,22+/m0/s1. The highest BCUT2D eigenvalue weighted by atomic mass is 32.1. The third-order valence-electron chi connectivity index (χ3n) is 6.83. The molecule has 3 aliphatic rings. The van der Waals surface area contributed by atoms with E-state index < -0.39 is 17.8 Å². The highest BCUT2D eigenvalue weighted by Crippen LogP contribution is 2.47. The number of thiophene rings is 1. The molecule has 1 N–H and O–H groups in total. The van der Waals surface area contributed by atoms with Crippen LogP contribution in [-0.2, 0) is 23.9 Å². The Morgan fingerprint density at radius 3 is 2.47 bits per heavy atom. The molecule has 32 heavy (non-hydrogen) atoms. The number of carbonyl (C=O) groups excluding carboxylic acids is 3. The van der Waals surface area contributed by atoms with Gasteiger partial charge in [0.05, 0.1) is 18.6 Å². The van der Waals surface area contributed by atoms with Crippen molar-refractivity contribution in [3.05, 3.63) is 44.4 Å². The van der Waals surface area contributed by atoms with Gasteiger partial charge >= 0.3 is 11.9 Å². The number of rotatable bonds is 4. The van der Waals surface area contributed by atoms with Gasteiger partial charge in [0.1, 0.15) is 12.0 Å². The molecule has 0 amide bonds. The van der Waals surface area contributed by atoms with E-state index in [4.69, 9.17) is 9.47 Å². The second-order valence-electron chi connectivity index (χ2n) is 9.15. The van der Waals surface area contributed by atoms with Crippen LogP contribution in [0.1, 0.15) is 68.0 Å². The quantitative estimate of drug-likeness (QED) is 0.528. The predicted octanol–water partition coefficient (Wildman–Crippen LogP) is 4.55. The van der Waals surface area contributed by atoms with Crippen LogP contribution in [-0.4, -0.2) is 30.9 Å². The molecule has 0 spiro atoms. The first-order chi connectivity index (χ1) is 15.3. The van der Waals surface area contributed by atoms with Crippen LogP contribution >= 0.6 is 11.3 Å². The Labute approximate surface area is 193 Å². The van der Waals surface area contributed by atoms with Crippen LogP contribution in [0.25, 0.3) is 0 Å². The molecule has 4 rings (SSSR count). The van der Waals surface area contributed by atoms with E-state index >= 15 is 0 Å². The van der Waals surface area contributed by atoms with Gasteiger partial charge in [-0.2, -0.15) is 0 Å². The highest BCUT2D eigenvalue weighted by molar-refractivity contribution is 7.12. The number of hydrogen-bond acceptors (Lipinski definition) is 7. The summed E-state index contributed by atoms with van der Waals surface area (Å²) in [5, 5.41) is 3.32. The van der Waals surface area contributed by atoms with E-state index in [9.17, 15) is 14.4 Å². The van der Waals surface area contributed by atoms with Gasteiger partial charge in [-0.1, -0.05) is 13.3 Å². The maximum Gasteiger partial charge on any atom is 0.337 e. The van der Waals surface area contributed by atoms with Crippen LogP contribution in [0.3, 0.4) is 0 Å². The van der Waals surface area contributed by atoms with Crippen LogP contribution < -0.4 is 5.32 Å². The molecule has 7 heteroatoms. The van der Waals surface area contributed by atoms with Crippen molar-refractivity contribution in [2.75, 3.05) is 7.11 Å². The molecule has 0 radical (unpaired) electrons. The zero-order chi connectivity index (χ0) is 23.0. The smallest absolute Gasteiger partial charge is 0.337 e. The number of ether oxygens (including phenoxy) is 2. The number of ketones is 1. The average molecular weight is 458 g/mol. The monoisotopic (exact) mass is 457 g/mol. The minimum absolute atomic E-state index is 0.0810. The van der Waals surface area contributed by atoms with Gasteiger partial charge in [0, 0.05) is 26.7 Å². The molecule has 0 unspecified atom stereocenters. The predicted molar refractivity (Wildman–Crippen MR) is 122 cm³/mol. The first-order valence-electron chi connectivity index (χ1n) is 11.4. The summed E-state index contributed by atoms with van der Waals surface area (Å²) in [6, 6.07) is 3.97. The van der Waals surface area contributed by atoms with Crippen molar-refractivity contribution >= 4 is 29.1 Å². The average Bonchev–Trinajstić information content (AvgIpc) is 3.19. The maximum absolute atomic E-state index is 13.7. The molecular formula is C25H31NO5S. The molecule has 1 aliphatic heterocycles. The summed E-state index contributed by atoms with van der Waals surface area (Å²) < 4.78 is 10.9. The molecule has 6 nitrogen and oxygen atoms in total. The Kier molecular flexibility index (Phi) is 6.56. The van der Waals surface area contributed by atoms with E-state index in [1.165, 1.54) is 13.5 Å². The second kappa shape index (κ2) is 9.22. The fourth-order valence-corrected chi connectivity index (χ4v) is 6.24. The summed E-state index contributed by atoms with van der Waals surface area (Å²) in [5.74, 6) is -2.73. The molecule has 1 aromatic heterocycles. The molecule has 0 saturated heterocycles. The minimum atomic E-state index is -0.863. The number of aryl methyl sites for hydroxylation is 1. The van der Waals surface area contributed by atoms with Gasteiger partial charge in [0.15, 0.2) is 5.78 Å². The summed E-state index contributed by atoms with van der Waals surface area (Å²) in [6.45, 7) is 5.76. The molecule has 0 aromatic carbocycles. The summed E-state index contributed by atoms with van der Waals surface area (Å²) in [7, 11) is 1.31. The Morgan fingerprint density at radius 2 is 1.84 bits per heavy atom. The van der Waals surface area contributed by atoms with E-state index in [1.54, 1.807) is 11.3 Å². The largest absolute Gasteiger partial charge is 0.468 e. The van der Waals surface area contributed by atoms with Crippen molar-refractivity contribution < 1.29 is 23.9 Å². The van der Waals surface area contributed by atoms with Crippen molar-refractivity contribution in [2.45, 2.75) is 71.3 Å². The topological polar surface area (TPSA) is 81.7 Å². The number of Topliss-reactive ketones (excluding diaryl/α,β-unsaturated/α-hetero) is 1. The van der Waals surface area contributed by atoms with Crippen LogP contribution in [0.5, 0.6) is 0 Å². The van der Waals surface area contributed by atoms with Crippen molar-refractivity contribution in [1.29, 1.82) is 0 Å². The first kappa shape index (κ1) is 22.8. The van der Waals surface area contributed by atoms with Crippen molar-refractivity contribution in [3.8, 4) is 0 Å². The normalized spacial score (nSPS) is 26.5. The van der Waals surface area contributed by atoms with Crippen molar-refractivity contribution in [2.24, 2.45) is 11.8 Å². The van der Waals surface area contributed by atoms with Crippen molar-refractivity contribution in [1.82, 2.24) is 5.32 Å². The van der Waals surface area contributed by atoms with Gasteiger partial charge in [0.25, 0.3) is 0 Å². The van der Waals surface area contributed by atoms with Gasteiger partial charge in [-0.15, -0.1) is 11.3 Å². The Morgan fingerprint density at radius 1 is 1.12 bits per heavy atom. The summed E-state index contributed by atoms with van der Waals surface area (Å²) >= 11 is 1.57. The minimum Gasteiger partial charge on any atom is -0.468 e. The molecule has 1 fully saturated rings. The van der Waals surface area contributed by atoms with Gasteiger partial charge in [-0.05, 0) is 64.0 Å². The fraction of sp³-hybridized carbons (Fsp3) is 0.560. The molecule has 172 valence electrons. The van der Waals surface area contributed by atoms with Crippen LogP contribution in [0, 0.1) is 18.8 Å². The van der Waals surface area contributed by atoms with Gasteiger partial charge in [-0.3, -0.25) is 9.59 Å². The van der Waals surface area contributed by atoms with Gasteiger partial charge < -0.3 is 14.8 Å². The molecule has 1 saturated carbocycles. The highest BCUT2D eigenvalue weighted by Gasteiger charge is 2.47. The van der Waals surface area contributed by atoms with Crippen LogP contribution in [0.15, 0.2) is 34.7 Å². The summed E-state index contributed by atoms with van der Waals surface area (Å²) in [6.07, 6.45) is 5.52. The Hall–Kier alpha value is -2.41. The lowest BCUT2D eigenvalue weighted by Gasteiger charge is -2.38. The number of hydrogen-bond donors (Lipinski definition) is 1. The number of dihydropyridines is 1. The maximum atomic E-state index is 13.7. The van der Waals surface area contributed by atoms with Crippen LogP contribution in [0.4, 0.5) is 0 Å². The van der Waals surface area contributed by atoms with E-state index in [0.717, 1.165) is 46.8 Å². The molecular weight excluding hydrogens is 426 g/mol. The molecule has 2 heterocycles. The lowest BCUT2D eigenvalue weighted by atomic mass is 9.70. The number of carbonyl (C=O) groups is 3. The van der Waals surface area contributed by atoms with Crippen LogP contribution in [0.2, 0.25) is 0 Å². The Balaban J connectivity index is 1.75. The number of methoxy groups -OCH3 is 1. The van der Waals surface area contributed by atoms with Crippen molar-refractivity contribution in [3.63, 3.8) is 0 Å². The Bertz CT molecular complexity index is 998. The molecule has 1 aromatic rings. The van der Waals surface area contributed by atoms with Gasteiger partial charge in [-0.25, -0.2) is 4.79 Å². The van der Waals surface area contributed by atoms with E-state index in [2.05, 4.69) is 5.32 Å². The first-order valence-corrected chi connectivity index (χ1v) is 12.2.